The van der Waals surface area contributed by atoms with Crippen LogP contribution >= 0.6 is 0 Å². The van der Waals surface area contributed by atoms with Crippen molar-refractivity contribution in [2.45, 2.75) is 33.3 Å². The van der Waals surface area contributed by atoms with Crippen molar-refractivity contribution in [3.05, 3.63) is 46.1 Å². The summed E-state index contributed by atoms with van der Waals surface area (Å²) in [5, 5.41) is 15.0. The largest absolute Gasteiger partial charge is 0.442 e. The first kappa shape index (κ1) is 15.7. The molecule has 2 rings (SSSR count). The summed E-state index contributed by atoms with van der Waals surface area (Å²) in [6.45, 7) is 7.03. The van der Waals surface area contributed by atoms with Crippen LogP contribution in [-0.4, -0.2) is 26.4 Å². The van der Waals surface area contributed by atoms with Crippen molar-refractivity contribution in [3.8, 4) is 11.3 Å². The molecule has 0 unspecified atom stereocenters. The summed E-state index contributed by atoms with van der Waals surface area (Å²) in [5.41, 5.74) is 0.991. The van der Waals surface area contributed by atoms with Crippen molar-refractivity contribution >= 4 is 11.8 Å². The van der Waals surface area contributed by atoms with Gasteiger partial charge in [-0.05, 0) is 33.8 Å². The zero-order valence-electron chi connectivity index (χ0n) is 12.9. The first-order valence-corrected chi connectivity index (χ1v) is 6.72. The Balaban J connectivity index is 2.36. The molecule has 0 saturated heterocycles. The van der Waals surface area contributed by atoms with Crippen molar-refractivity contribution in [1.29, 1.82) is 0 Å². The average molecular weight is 303 g/mol. The lowest BCUT2D eigenvalue weighted by Crippen LogP contribution is -2.28. The van der Waals surface area contributed by atoms with Gasteiger partial charge in [-0.3, -0.25) is 10.1 Å². The second-order valence-electron chi connectivity index (χ2n) is 5.87. The molecule has 0 aliphatic rings. The summed E-state index contributed by atoms with van der Waals surface area (Å²) in [6, 6.07) is 7.79. The summed E-state index contributed by atoms with van der Waals surface area (Å²) in [7, 11) is 0. The van der Waals surface area contributed by atoms with E-state index in [4.69, 9.17) is 4.74 Å². The van der Waals surface area contributed by atoms with Gasteiger partial charge in [0.05, 0.1) is 10.6 Å². The van der Waals surface area contributed by atoms with Gasteiger partial charge in [0.1, 0.15) is 5.60 Å². The maximum absolute atomic E-state index is 12.1. The van der Waals surface area contributed by atoms with E-state index in [1.54, 1.807) is 45.9 Å². The first-order chi connectivity index (χ1) is 10.2. The fourth-order valence-corrected chi connectivity index (χ4v) is 1.88. The first-order valence-electron chi connectivity index (χ1n) is 6.72. The van der Waals surface area contributed by atoms with Crippen LogP contribution in [0.4, 0.5) is 10.5 Å². The summed E-state index contributed by atoms with van der Waals surface area (Å²) in [5.74, 6) is 0. The fraction of sp³-hybridized carbons (Fsp3) is 0.333. The third kappa shape index (κ3) is 3.49. The summed E-state index contributed by atoms with van der Waals surface area (Å²) in [4.78, 5) is 22.4. The Hall–Kier alpha value is -2.70. The molecule has 0 saturated carbocycles. The number of benzene rings is 1. The van der Waals surface area contributed by atoms with Crippen LogP contribution in [-0.2, 0) is 4.74 Å². The zero-order chi connectivity index (χ0) is 16.5. The molecule has 0 amide bonds. The van der Waals surface area contributed by atoms with E-state index in [1.165, 1.54) is 12.1 Å². The molecule has 0 atom stereocenters. The number of nitrogens with zero attached hydrogens (tertiary/aromatic N) is 3. The van der Waals surface area contributed by atoms with E-state index in [0.717, 1.165) is 4.68 Å². The molecule has 1 aromatic carbocycles. The number of rotatable bonds is 2. The summed E-state index contributed by atoms with van der Waals surface area (Å²) in [6.07, 6.45) is -0.582. The molecule has 0 bridgehead atoms. The van der Waals surface area contributed by atoms with Crippen molar-refractivity contribution in [1.82, 2.24) is 9.78 Å². The van der Waals surface area contributed by atoms with Crippen LogP contribution in [0.25, 0.3) is 11.3 Å². The van der Waals surface area contributed by atoms with Crippen molar-refractivity contribution in [2.24, 2.45) is 0 Å². The fourth-order valence-electron chi connectivity index (χ4n) is 1.88. The van der Waals surface area contributed by atoms with Crippen molar-refractivity contribution in [2.75, 3.05) is 0 Å². The molecule has 0 aliphatic carbocycles. The zero-order valence-corrected chi connectivity index (χ0v) is 12.9. The van der Waals surface area contributed by atoms with Gasteiger partial charge in [0, 0.05) is 23.4 Å². The Labute approximate surface area is 127 Å². The molecule has 7 heteroatoms. The van der Waals surface area contributed by atoms with Crippen LogP contribution in [0.2, 0.25) is 0 Å². The quantitative estimate of drug-likeness (QED) is 0.625. The van der Waals surface area contributed by atoms with E-state index in [1.807, 2.05) is 0 Å². The number of carbonyl (C=O) groups is 1. The minimum atomic E-state index is -0.624. The second kappa shape index (κ2) is 5.59. The van der Waals surface area contributed by atoms with Crippen molar-refractivity contribution < 1.29 is 14.5 Å². The summed E-state index contributed by atoms with van der Waals surface area (Å²) >= 11 is 0. The highest BCUT2D eigenvalue weighted by atomic mass is 16.6. The topological polar surface area (TPSA) is 87.3 Å². The number of carbonyl (C=O) groups excluding carboxylic acids is 1. The molecule has 1 aromatic heterocycles. The van der Waals surface area contributed by atoms with Crippen LogP contribution in [0.15, 0.2) is 30.3 Å². The summed E-state index contributed by atoms with van der Waals surface area (Å²) < 4.78 is 6.42. The number of hydrogen-bond acceptors (Lipinski definition) is 5. The van der Waals surface area contributed by atoms with Gasteiger partial charge < -0.3 is 4.74 Å². The smallest absolute Gasteiger partial charge is 0.435 e. The lowest BCUT2D eigenvalue weighted by Gasteiger charge is -2.19. The number of aromatic nitrogens is 2. The van der Waals surface area contributed by atoms with Crippen LogP contribution in [0.3, 0.4) is 0 Å². The molecular formula is C15H17N3O4. The third-order valence-electron chi connectivity index (χ3n) is 2.81. The normalized spacial score (nSPS) is 11.3. The lowest BCUT2D eigenvalue weighted by atomic mass is 10.1. The van der Waals surface area contributed by atoms with Gasteiger partial charge in [0.2, 0.25) is 0 Å². The Bertz CT molecular complexity index is 729. The predicted molar refractivity (Wildman–Crippen MR) is 80.7 cm³/mol. The molecule has 0 N–H and O–H groups in total. The molecule has 116 valence electrons. The van der Waals surface area contributed by atoms with E-state index in [9.17, 15) is 14.9 Å². The van der Waals surface area contributed by atoms with E-state index < -0.39 is 16.6 Å². The molecule has 0 fully saturated rings. The Kier molecular flexibility index (Phi) is 3.99. The van der Waals surface area contributed by atoms with Gasteiger partial charge in [-0.25, -0.2) is 4.79 Å². The minimum Gasteiger partial charge on any atom is -0.442 e. The molecule has 22 heavy (non-hydrogen) atoms. The van der Waals surface area contributed by atoms with Crippen LogP contribution in [0.5, 0.6) is 0 Å². The molecule has 0 spiro atoms. The Morgan fingerprint density at radius 3 is 2.59 bits per heavy atom. The third-order valence-corrected chi connectivity index (χ3v) is 2.81. The van der Waals surface area contributed by atoms with Gasteiger partial charge in [0.15, 0.2) is 0 Å². The number of aryl methyl sites for hydroxylation is 1. The van der Waals surface area contributed by atoms with Crippen LogP contribution < -0.4 is 0 Å². The van der Waals surface area contributed by atoms with Gasteiger partial charge in [0.25, 0.3) is 5.69 Å². The minimum absolute atomic E-state index is 0.0260. The predicted octanol–water partition coefficient (Wildman–Crippen LogP) is 3.55. The molecule has 2 aromatic rings. The Morgan fingerprint density at radius 2 is 2.00 bits per heavy atom. The molecule has 0 radical (unpaired) electrons. The number of nitro benzene ring substituents is 1. The molecule has 0 aliphatic heterocycles. The van der Waals surface area contributed by atoms with E-state index >= 15 is 0 Å². The average Bonchev–Trinajstić information content (AvgIpc) is 2.79. The van der Waals surface area contributed by atoms with Crippen LogP contribution in [0, 0.1) is 17.0 Å². The molecular weight excluding hydrogens is 286 g/mol. The van der Waals surface area contributed by atoms with Gasteiger partial charge in [-0.1, -0.05) is 12.1 Å². The van der Waals surface area contributed by atoms with E-state index in [-0.39, 0.29) is 5.69 Å². The van der Waals surface area contributed by atoms with Gasteiger partial charge in [-0.15, -0.1) is 0 Å². The van der Waals surface area contributed by atoms with E-state index in [2.05, 4.69) is 5.10 Å². The highest BCUT2D eigenvalue weighted by Gasteiger charge is 2.21. The number of nitro groups is 1. The highest BCUT2D eigenvalue weighted by Crippen LogP contribution is 2.23. The SMILES string of the molecule is Cc1cc(-c2cccc([N+](=O)[O-])c2)nn1C(=O)OC(C)(C)C. The molecule has 7 nitrogen and oxygen atoms in total. The maximum Gasteiger partial charge on any atom is 0.435 e. The lowest BCUT2D eigenvalue weighted by molar-refractivity contribution is -0.384. The number of ether oxygens (including phenoxy) is 1. The van der Waals surface area contributed by atoms with E-state index in [0.29, 0.717) is 17.0 Å². The highest BCUT2D eigenvalue weighted by molar-refractivity contribution is 5.73. The second-order valence-corrected chi connectivity index (χ2v) is 5.87. The number of hydrogen-bond donors (Lipinski definition) is 0. The molecule has 1 heterocycles. The van der Waals surface area contributed by atoms with Crippen molar-refractivity contribution in [3.63, 3.8) is 0 Å². The van der Waals surface area contributed by atoms with Gasteiger partial charge >= 0.3 is 6.09 Å². The standard InChI is InChI=1S/C15H17N3O4/c1-10-8-13(11-6-5-7-12(9-11)18(20)21)16-17(10)14(19)22-15(2,3)4/h5-9H,1-4H3. The van der Waals surface area contributed by atoms with Gasteiger partial charge in [-0.2, -0.15) is 9.78 Å². The Morgan fingerprint density at radius 1 is 1.32 bits per heavy atom. The maximum atomic E-state index is 12.1. The monoisotopic (exact) mass is 303 g/mol. The van der Waals surface area contributed by atoms with Crippen LogP contribution in [0.1, 0.15) is 26.5 Å². The number of non-ortho nitro benzene ring substituents is 1.